The van der Waals surface area contributed by atoms with Gasteiger partial charge in [-0.3, -0.25) is 4.79 Å². The molecule has 1 aromatic rings. The first kappa shape index (κ1) is 14.8. The Balaban J connectivity index is 2.09. The first-order valence-electron chi connectivity index (χ1n) is 6.46. The van der Waals surface area contributed by atoms with E-state index in [0.29, 0.717) is 16.6 Å². The summed E-state index contributed by atoms with van der Waals surface area (Å²) in [5, 5.41) is 3.44. The molecule has 19 heavy (non-hydrogen) atoms. The minimum atomic E-state index is -0.753. The molecular weight excluding hydrogens is 328 g/mol. The lowest BCUT2D eigenvalue weighted by atomic mass is 9.76. The molecule has 0 aliphatic heterocycles. The summed E-state index contributed by atoms with van der Waals surface area (Å²) in [6.45, 7) is 2.14. The van der Waals surface area contributed by atoms with Crippen molar-refractivity contribution in [3.63, 3.8) is 0 Å². The number of halogens is 2. The Hall–Kier alpha value is -0.580. The van der Waals surface area contributed by atoms with Crippen molar-refractivity contribution in [2.45, 2.75) is 38.1 Å². The minimum absolute atomic E-state index is 0.113. The molecule has 2 atom stereocenters. The maximum atomic E-state index is 12.3. The van der Waals surface area contributed by atoms with Gasteiger partial charge in [0.2, 0.25) is 5.91 Å². The summed E-state index contributed by atoms with van der Waals surface area (Å²) in [7, 11) is 0. The summed E-state index contributed by atoms with van der Waals surface area (Å²) in [6, 6.07) is 5.34. The highest BCUT2D eigenvalue weighted by Crippen LogP contribution is 2.32. The number of hydrogen-bond acceptors (Lipinski definition) is 2. The molecule has 1 aliphatic rings. The zero-order chi connectivity index (χ0) is 14.0. The van der Waals surface area contributed by atoms with Crippen molar-refractivity contribution in [1.82, 2.24) is 0 Å². The second-order valence-electron chi connectivity index (χ2n) is 5.44. The SMILES string of the molecule is CC1CCCC(N)(C(=O)Nc2ccc(Br)c(Cl)c2)C1. The van der Waals surface area contributed by atoms with Gasteiger partial charge in [-0.05, 0) is 52.9 Å². The Morgan fingerprint density at radius 3 is 2.95 bits per heavy atom. The quantitative estimate of drug-likeness (QED) is 0.852. The van der Waals surface area contributed by atoms with Crippen molar-refractivity contribution in [2.75, 3.05) is 5.32 Å². The van der Waals surface area contributed by atoms with E-state index < -0.39 is 5.54 Å². The molecule has 3 N–H and O–H groups in total. The molecule has 0 bridgehead atoms. The predicted octanol–water partition coefficient (Wildman–Crippen LogP) is 3.95. The molecule has 1 amide bonds. The second-order valence-corrected chi connectivity index (χ2v) is 6.70. The van der Waals surface area contributed by atoms with Gasteiger partial charge in [0.05, 0.1) is 10.6 Å². The molecule has 0 saturated heterocycles. The summed E-state index contributed by atoms with van der Waals surface area (Å²) in [6.07, 6.45) is 3.64. The van der Waals surface area contributed by atoms with Crippen LogP contribution in [0.15, 0.2) is 22.7 Å². The number of rotatable bonds is 2. The molecule has 1 fully saturated rings. The van der Waals surface area contributed by atoms with E-state index in [2.05, 4.69) is 28.2 Å². The summed E-state index contributed by atoms with van der Waals surface area (Å²) in [5.74, 6) is 0.385. The molecule has 2 unspecified atom stereocenters. The Bertz CT molecular complexity index is 494. The molecule has 2 rings (SSSR count). The number of hydrogen-bond donors (Lipinski definition) is 2. The van der Waals surface area contributed by atoms with Crippen LogP contribution in [0.5, 0.6) is 0 Å². The van der Waals surface area contributed by atoms with Crippen LogP contribution in [0.2, 0.25) is 5.02 Å². The van der Waals surface area contributed by atoms with Gasteiger partial charge in [0.15, 0.2) is 0 Å². The van der Waals surface area contributed by atoms with Gasteiger partial charge in [-0.25, -0.2) is 0 Å². The van der Waals surface area contributed by atoms with Crippen LogP contribution in [-0.2, 0) is 4.79 Å². The zero-order valence-electron chi connectivity index (χ0n) is 10.9. The summed E-state index contributed by atoms with van der Waals surface area (Å²) in [4.78, 5) is 12.3. The Kier molecular flexibility index (Phi) is 4.54. The lowest BCUT2D eigenvalue weighted by Gasteiger charge is -2.35. The molecule has 0 spiro atoms. The average molecular weight is 346 g/mol. The van der Waals surface area contributed by atoms with E-state index >= 15 is 0 Å². The monoisotopic (exact) mass is 344 g/mol. The fourth-order valence-electron chi connectivity index (χ4n) is 2.63. The van der Waals surface area contributed by atoms with E-state index in [0.717, 1.165) is 30.2 Å². The Morgan fingerprint density at radius 1 is 1.58 bits per heavy atom. The predicted molar refractivity (Wildman–Crippen MR) is 82.3 cm³/mol. The number of carbonyl (C=O) groups is 1. The van der Waals surface area contributed by atoms with Crippen molar-refractivity contribution < 1.29 is 4.79 Å². The van der Waals surface area contributed by atoms with Crippen LogP contribution in [-0.4, -0.2) is 11.4 Å². The lowest BCUT2D eigenvalue weighted by molar-refractivity contribution is -0.122. The van der Waals surface area contributed by atoms with E-state index in [9.17, 15) is 4.79 Å². The highest BCUT2D eigenvalue weighted by molar-refractivity contribution is 9.10. The van der Waals surface area contributed by atoms with Gasteiger partial charge < -0.3 is 11.1 Å². The molecule has 0 heterocycles. The van der Waals surface area contributed by atoms with Gasteiger partial charge in [0, 0.05) is 10.2 Å². The normalized spacial score (nSPS) is 27.1. The summed E-state index contributed by atoms with van der Waals surface area (Å²) < 4.78 is 0.806. The van der Waals surface area contributed by atoms with Crippen LogP contribution in [0.4, 0.5) is 5.69 Å². The van der Waals surface area contributed by atoms with Gasteiger partial charge in [0.25, 0.3) is 0 Å². The van der Waals surface area contributed by atoms with E-state index in [1.807, 2.05) is 12.1 Å². The van der Waals surface area contributed by atoms with Crippen LogP contribution in [0.25, 0.3) is 0 Å². The third-order valence-electron chi connectivity index (χ3n) is 3.66. The van der Waals surface area contributed by atoms with Crippen molar-refractivity contribution in [3.8, 4) is 0 Å². The topological polar surface area (TPSA) is 55.1 Å². The van der Waals surface area contributed by atoms with Gasteiger partial charge in [-0.2, -0.15) is 0 Å². The standard InChI is InChI=1S/C14H18BrClN2O/c1-9-3-2-6-14(17,8-9)13(19)18-10-4-5-11(15)12(16)7-10/h4-5,7,9H,2-3,6,8,17H2,1H3,(H,18,19). The van der Waals surface area contributed by atoms with E-state index in [1.54, 1.807) is 6.07 Å². The van der Waals surface area contributed by atoms with Crippen molar-refractivity contribution >= 4 is 39.1 Å². The maximum Gasteiger partial charge on any atom is 0.244 e. The van der Waals surface area contributed by atoms with E-state index in [1.165, 1.54) is 0 Å². The second kappa shape index (κ2) is 5.81. The van der Waals surface area contributed by atoms with Crippen molar-refractivity contribution in [2.24, 2.45) is 11.7 Å². The number of benzene rings is 1. The number of nitrogens with one attached hydrogen (secondary N) is 1. The molecule has 0 aromatic heterocycles. The number of carbonyl (C=O) groups excluding carboxylic acids is 1. The first-order chi connectivity index (χ1) is 8.90. The van der Waals surface area contributed by atoms with Gasteiger partial charge in [-0.15, -0.1) is 0 Å². The average Bonchev–Trinajstić information content (AvgIpc) is 2.33. The largest absolute Gasteiger partial charge is 0.324 e. The third kappa shape index (κ3) is 3.50. The van der Waals surface area contributed by atoms with Crippen LogP contribution in [0.3, 0.4) is 0 Å². The molecule has 104 valence electrons. The number of nitrogens with two attached hydrogens (primary N) is 1. The molecule has 0 radical (unpaired) electrons. The number of anilines is 1. The van der Waals surface area contributed by atoms with Crippen LogP contribution in [0.1, 0.15) is 32.6 Å². The molecule has 3 nitrogen and oxygen atoms in total. The lowest BCUT2D eigenvalue weighted by Crippen LogP contribution is -2.53. The fraction of sp³-hybridized carbons (Fsp3) is 0.500. The number of amides is 1. The minimum Gasteiger partial charge on any atom is -0.324 e. The van der Waals surface area contributed by atoms with Crippen molar-refractivity contribution in [1.29, 1.82) is 0 Å². The first-order valence-corrected chi connectivity index (χ1v) is 7.63. The Labute approximate surface area is 127 Å². The molecule has 1 aliphatic carbocycles. The van der Waals surface area contributed by atoms with Crippen molar-refractivity contribution in [3.05, 3.63) is 27.7 Å². The maximum absolute atomic E-state index is 12.3. The fourth-order valence-corrected chi connectivity index (χ4v) is 3.05. The highest BCUT2D eigenvalue weighted by Gasteiger charge is 2.37. The van der Waals surface area contributed by atoms with Crippen LogP contribution >= 0.6 is 27.5 Å². The van der Waals surface area contributed by atoms with Gasteiger partial charge in [-0.1, -0.05) is 31.4 Å². The molecule has 1 aromatic carbocycles. The van der Waals surface area contributed by atoms with E-state index in [-0.39, 0.29) is 5.91 Å². The van der Waals surface area contributed by atoms with Crippen LogP contribution < -0.4 is 11.1 Å². The molecule has 1 saturated carbocycles. The molecular formula is C14H18BrClN2O. The third-order valence-corrected chi connectivity index (χ3v) is 4.89. The summed E-state index contributed by atoms with van der Waals surface area (Å²) >= 11 is 9.33. The van der Waals surface area contributed by atoms with Gasteiger partial charge in [0.1, 0.15) is 0 Å². The molecule has 5 heteroatoms. The van der Waals surface area contributed by atoms with Crippen LogP contribution in [0, 0.1) is 5.92 Å². The zero-order valence-corrected chi connectivity index (χ0v) is 13.2. The highest BCUT2D eigenvalue weighted by atomic mass is 79.9. The van der Waals surface area contributed by atoms with Gasteiger partial charge >= 0.3 is 0 Å². The Morgan fingerprint density at radius 2 is 2.32 bits per heavy atom. The summed E-state index contributed by atoms with van der Waals surface area (Å²) in [5.41, 5.74) is 6.18. The van der Waals surface area contributed by atoms with E-state index in [4.69, 9.17) is 17.3 Å². The smallest absolute Gasteiger partial charge is 0.244 e.